The Morgan fingerprint density at radius 1 is 1.15 bits per heavy atom. The van der Waals surface area contributed by atoms with Crippen LogP contribution in [0.15, 0.2) is 45.9 Å². The van der Waals surface area contributed by atoms with Gasteiger partial charge in [-0.2, -0.15) is 0 Å². The van der Waals surface area contributed by atoms with Gasteiger partial charge in [-0.3, -0.25) is 9.59 Å². The lowest BCUT2D eigenvalue weighted by molar-refractivity contribution is 0.398. The molecule has 1 aliphatic heterocycles. The van der Waals surface area contributed by atoms with Crippen molar-refractivity contribution in [3.05, 3.63) is 62.3 Å². The van der Waals surface area contributed by atoms with Crippen molar-refractivity contribution >= 4 is 6.08 Å². The molecule has 0 radical (unpaired) electrons. The molecule has 0 unspecified atom stereocenters. The summed E-state index contributed by atoms with van der Waals surface area (Å²) in [5.41, 5.74) is 0.460. The second kappa shape index (κ2) is 2.86. The first-order chi connectivity index (χ1) is 6.27. The summed E-state index contributed by atoms with van der Waals surface area (Å²) in [6, 6.07) is 1.33. The monoisotopic (exact) mass is 174 g/mol. The maximum atomic E-state index is 10.9. The Kier molecular flexibility index (Phi) is 1.70. The van der Waals surface area contributed by atoms with Gasteiger partial charge in [0.1, 0.15) is 0 Å². The van der Waals surface area contributed by atoms with Crippen LogP contribution < -0.4 is 10.9 Å². The molecule has 0 N–H and O–H groups in total. The fraction of sp³-hybridized carbons (Fsp3) is 0. The first kappa shape index (κ1) is 7.73. The van der Waals surface area contributed by atoms with Crippen molar-refractivity contribution in [2.24, 2.45) is 0 Å². The summed E-state index contributed by atoms with van der Waals surface area (Å²) < 4.78 is 4.81. The maximum absolute atomic E-state index is 10.9. The Balaban J connectivity index is 2.32. The average Bonchev–Trinajstić information content (AvgIpc) is 2.19. The van der Waals surface area contributed by atoms with Crippen molar-refractivity contribution in [1.29, 1.82) is 0 Å². The van der Waals surface area contributed by atoms with Gasteiger partial charge in [-0.25, -0.2) is 0 Å². The molecule has 0 saturated carbocycles. The van der Waals surface area contributed by atoms with Gasteiger partial charge in [0.15, 0.2) is 0 Å². The van der Waals surface area contributed by atoms with E-state index in [2.05, 4.69) is 0 Å². The van der Waals surface area contributed by atoms with E-state index < -0.39 is 10.9 Å². The topological polar surface area (TPSA) is 43.4 Å². The van der Waals surface area contributed by atoms with E-state index in [4.69, 9.17) is 4.74 Å². The number of allylic oxidation sites excluding steroid dienone is 3. The normalized spacial score (nSPS) is 14.6. The molecular formula is C10H6O3. The van der Waals surface area contributed by atoms with E-state index in [9.17, 15) is 9.59 Å². The summed E-state index contributed by atoms with van der Waals surface area (Å²) >= 11 is 0. The lowest BCUT2D eigenvalue weighted by atomic mass is 10.1. The molecule has 1 heterocycles. The van der Waals surface area contributed by atoms with Gasteiger partial charge in [-0.15, -0.1) is 0 Å². The zero-order valence-electron chi connectivity index (χ0n) is 6.69. The molecular weight excluding hydrogens is 168 g/mol. The maximum Gasteiger partial charge on any atom is 0.233 e. The SMILES string of the molecule is O=c1cc(C=C2C=COC=C2)c1=O. The number of hydrogen-bond acceptors (Lipinski definition) is 3. The molecule has 0 saturated heterocycles. The first-order valence-corrected chi connectivity index (χ1v) is 3.78. The van der Waals surface area contributed by atoms with Crippen LogP contribution in [-0.2, 0) is 4.74 Å². The molecule has 0 atom stereocenters. The van der Waals surface area contributed by atoms with Crippen molar-refractivity contribution in [3.8, 4) is 0 Å². The van der Waals surface area contributed by atoms with E-state index in [-0.39, 0.29) is 0 Å². The lowest BCUT2D eigenvalue weighted by Gasteiger charge is -2.01. The van der Waals surface area contributed by atoms with Gasteiger partial charge < -0.3 is 4.74 Å². The number of hydrogen-bond donors (Lipinski definition) is 0. The fourth-order valence-corrected chi connectivity index (χ4v) is 1.06. The molecule has 0 amide bonds. The molecule has 0 fully saturated rings. The number of rotatable bonds is 1. The van der Waals surface area contributed by atoms with Crippen molar-refractivity contribution in [3.63, 3.8) is 0 Å². The standard InChI is InChI=1S/C10H6O3/c11-9-6-8(10(9)12)5-7-1-3-13-4-2-7/h1-6H. The Morgan fingerprint density at radius 3 is 2.38 bits per heavy atom. The molecule has 1 aromatic carbocycles. The molecule has 0 aromatic heterocycles. The predicted octanol–water partition coefficient (Wildman–Crippen LogP) is 0.724. The van der Waals surface area contributed by atoms with Crippen LogP contribution in [0.4, 0.5) is 0 Å². The third-order valence-electron chi connectivity index (χ3n) is 1.77. The van der Waals surface area contributed by atoms with E-state index in [1.54, 1.807) is 18.2 Å². The summed E-state index contributed by atoms with van der Waals surface area (Å²) in [7, 11) is 0. The summed E-state index contributed by atoms with van der Waals surface area (Å²) in [5, 5.41) is 0. The van der Waals surface area contributed by atoms with Gasteiger partial charge in [0, 0.05) is 11.6 Å². The van der Waals surface area contributed by atoms with Crippen molar-refractivity contribution < 1.29 is 4.74 Å². The van der Waals surface area contributed by atoms with Crippen LogP contribution in [-0.4, -0.2) is 0 Å². The highest BCUT2D eigenvalue weighted by molar-refractivity contribution is 5.60. The van der Waals surface area contributed by atoms with Gasteiger partial charge in [0.05, 0.1) is 12.5 Å². The van der Waals surface area contributed by atoms with Crippen LogP contribution in [0.25, 0.3) is 6.08 Å². The molecule has 0 bridgehead atoms. The Bertz CT molecular complexity index is 468. The molecule has 0 aliphatic carbocycles. The Hall–Kier alpha value is -1.90. The van der Waals surface area contributed by atoms with Crippen LogP contribution in [0.2, 0.25) is 0 Å². The predicted molar refractivity (Wildman–Crippen MR) is 48.7 cm³/mol. The Labute approximate surface area is 74.0 Å². The van der Waals surface area contributed by atoms with Crippen molar-refractivity contribution in [2.75, 3.05) is 0 Å². The quantitative estimate of drug-likeness (QED) is 0.589. The summed E-state index contributed by atoms with van der Waals surface area (Å²) in [6.45, 7) is 0. The second-order valence-electron chi connectivity index (χ2n) is 2.68. The lowest BCUT2D eigenvalue weighted by Crippen LogP contribution is -2.31. The van der Waals surface area contributed by atoms with Crippen LogP contribution in [0.1, 0.15) is 5.56 Å². The van der Waals surface area contributed by atoms with Crippen LogP contribution in [0, 0.1) is 0 Å². The Morgan fingerprint density at radius 2 is 1.85 bits per heavy atom. The van der Waals surface area contributed by atoms with Crippen molar-refractivity contribution in [1.82, 2.24) is 0 Å². The van der Waals surface area contributed by atoms with Gasteiger partial charge in [0.25, 0.3) is 0 Å². The average molecular weight is 174 g/mol. The first-order valence-electron chi connectivity index (χ1n) is 3.78. The molecule has 64 valence electrons. The van der Waals surface area contributed by atoms with Crippen LogP contribution in [0.5, 0.6) is 0 Å². The highest BCUT2D eigenvalue weighted by Crippen LogP contribution is 2.09. The highest BCUT2D eigenvalue weighted by atomic mass is 16.5. The minimum atomic E-state index is -0.424. The van der Waals surface area contributed by atoms with E-state index in [1.807, 2.05) is 0 Å². The van der Waals surface area contributed by atoms with E-state index in [0.717, 1.165) is 5.57 Å². The van der Waals surface area contributed by atoms with E-state index in [0.29, 0.717) is 5.56 Å². The molecule has 3 heteroatoms. The molecule has 1 aromatic rings. The fourth-order valence-electron chi connectivity index (χ4n) is 1.06. The van der Waals surface area contributed by atoms with Crippen molar-refractivity contribution in [2.45, 2.75) is 0 Å². The zero-order chi connectivity index (χ0) is 9.26. The van der Waals surface area contributed by atoms with Gasteiger partial charge in [-0.1, -0.05) is 0 Å². The third kappa shape index (κ3) is 1.36. The molecule has 2 rings (SSSR count). The third-order valence-corrected chi connectivity index (χ3v) is 1.77. The highest BCUT2D eigenvalue weighted by Gasteiger charge is 2.06. The van der Waals surface area contributed by atoms with E-state index in [1.165, 1.54) is 18.6 Å². The molecule has 3 nitrogen and oxygen atoms in total. The zero-order valence-corrected chi connectivity index (χ0v) is 6.69. The number of ether oxygens (including phenoxy) is 1. The molecule has 1 aliphatic rings. The summed E-state index contributed by atoms with van der Waals surface area (Å²) in [4.78, 5) is 21.5. The minimum Gasteiger partial charge on any atom is -0.473 e. The largest absolute Gasteiger partial charge is 0.473 e. The van der Waals surface area contributed by atoms with Crippen LogP contribution >= 0.6 is 0 Å². The molecule has 0 spiro atoms. The molecule has 13 heavy (non-hydrogen) atoms. The summed E-state index contributed by atoms with van der Waals surface area (Å²) in [6.07, 6.45) is 8.11. The van der Waals surface area contributed by atoms with Gasteiger partial charge >= 0.3 is 0 Å². The smallest absolute Gasteiger partial charge is 0.233 e. The minimum absolute atomic E-state index is 0.416. The summed E-state index contributed by atoms with van der Waals surface area (Å²) in [5.74, 6) is 0. The van der Waals surface area contributed by atoms with Crippen LogP contribution in [0.3, 0.4) is 0 Å². The van der Waals surface area contributed by atoms with Gasteiger partial charge in [-0.05, 0) is 23.8 Å². The van der Waals surface area contributed by atoms with E-state index >= 15 is 0 Å². The second-order valence-corrected chi connectivity index (χ2v) is 2.68. The van der Waals surface area contributed by atoms with Gasteiger partial charge in [0.2, 0.25) is 10.9 Å².